The van der Waals surface area contributed by atoms with E-state index in [9.17, 15) is 13.2 Å². The number of carbonyl (C=O) groups is 1. The second-order valence-electron chi connectivity index (χ2n) is 5.44. The zero-order chi connectivity index (χ0) is 18.6. The number of sulfonamides is 1. The van der Waals surface area contributed by atoms with Crippen molar-refractivity contribution in [2.45, 2.75) is 11.8 Å². The summed E-state index contributed by atoms with van der Waals surface area (Å²) in [7, 11) is -0.930. The van der Waals surface area contributed by atoms with E-state index >= 15 is 0 Å². The second kappa shape index (κ2) is 7.86. The Morgan fingerprint density at radius 3 is 2.44 bits per heavy atom. The third-order valence-electron chi connectivity index (χ3n) is 3.61. The molecule has 8 heteroatoms. The fourth-order valence-corrected chi connectivity index (χ4v) is 3.43. The number of hydrogen-bond acceptors (Lipinski definition) is 4. The first kappa shape index (κ1) is 19.2. The molecule has 6 nitrogen and oxygen atoms in total. The standard InChI is InChI=1S/C17H19ClN2O4S/c1-12-4-5-13(18)10-16(12)19-17(21)11-20(2)25(22,23)15-8-6-14(24-3)7-9-15/h4-10H,11H2,1-3H3,(H,19,21). The van der Waals surface area contributed by atoms with Crippen molar-refractivity contribution in [3.05, 3.63) is 53.1 Å². The summed E-state index contributed by atoms with van der Waals surface area (Å²) < 4.78 is 31.1. The summed E-state index contributed by atoms with van der Waals surface area (Å²) in [5.41, 5.74) is 1.38. The van der Waals surface area contributed by atoms with Gasteiger partial charge in [0.2, 0.25) is 15.9 Å². The molecule has 2 aromatic rings. The monoisotopic (exact) mass is 382 g/mol. The molecule has 25 heavy (non-hydrogen) atoms. The summed E-state index contributed by atoms with van der Waals surface area (Å²) in [4.78, 5) is 12.3. The van der Waals surface area contributed by atoms with Gasteiger partial charge in [-0.25, -0.2) is 8.42 Å². The quantitative estimate of drug-likeness (QED) is 0.833. The fraction of sp³-hybridized carbons (Fsp3) is 0.235. The number of hydrogen-bond donors (Lipinski definition) is 1. The van der Waals surface area contributed by atoms with Gasteiger partial charge in [0.25, 0.3) is 0 Å². The molecule has 0 saturated heterocycles. The van der Waals surface area contributed by atoms with Gasteiger partial charge in [0.05, 0.1) is 18.6 Å². The Morgan fingerprint density at radius 2 is 1.84 bits per heavy atom. The van der Waals surface area contributed by atoms with Crippen LogP contribution in [0.2, 0.25) is 5.02 Å². The number of nitrogens with one attached hydrogen (secondary N) is 1. The van der Waals surface area contributed by atoms with E-state index in [-0.39, 0.29) is 11.4 Å². The third-order valence-corrected chi connectivity index (χ3v) is 5.66. The number of halogens is 1. The highest BCUT2D eigenvalue weighted by atomic mass is 35.5. The highest BCUT2D eigenvalue weighted by Gasteiger charge is 2.23. The summed E-state index contributed by atoms with van der Waals surface area (Å²) in [6, 6.07) is 11.1. The Balaban J connectivity index is 2.10. The topological polar surface area (TPSA) is 75.7 Å². The maximum absolute atomic E-state index is 12.5. The van der Waals surface area contributed by atoms with Crippen molar-refractivity contribution in [3.63, 3.8) is 0 Å². The smallest absolute Gasteiger partial charge is 0.243 e. The van der Waals surface area contributed by atoms with Crippen molar-refractivity contribution < 1.29 is 17.9 Å². The van der Waals surface area contributed by atoms with Crippen LogP contribution in [0.1, 0.15) is 5.56 Å². The number of benzene rings is 2. The molecule has 0 spiro atoms. The molecule has 0 fully saturated rings. The van der Waals surface area contributed by atoms with Crippen LogP contribution in [0, 0.1) is 6.92 Å². The number of ether oxygens (including phenoxy) is 1. The van der Waals surface area contributed by atoms with E-state index in [4.69, 9.17) is 16.3 Å². The lowest BCUT2D eigenvalue weighted by Crippen LogP contribution is -2.35. The van der Waals surface area contributed by atoms with Crippen LogP contribution in [-0.2, 0) is 14.8 Å². The number of nitrogens with zero attached hydrogens (tertiary/aromatic N) is 1. The molecule has 1 amide bonds. The first-order chi connectivity index (χ1) is 11.7. The van der Waals surface area contributed by atoms with Gasteiger partial charge >= 0.3 is 0 Å². The maximum Gasteiger partial charge on any atom is 0.243 e. The third kappa shape index (κ3) is 4.72. The van der Waals surface area contributed by atoms with E-state index in [1.54, 1.807) is 30.3 Å². The Bertz CT molecular complexity index is 867. The molecule has 0 aliphatic rings. The van der Waals surface area contributed by atoms with E-state index in [1.165, 1.54) is 26.3 Å². The lowest BCUT2D eigenvalue weighted by Gasteiger charge is -2.17. The number of methoxy groups -OCH3 is 1. The van der Waals surface area contributed by atoms with Gasteiger partial charge < -0.3 is 10.1 Å². The molecule has 2 aromatic carbocycles. The number of anilines is 1. The van der Waals surface area contributed by atoms with E-state index in [2.05, 4.69) is 5.32 Å². The first-order valence-electron chi connectivity index (χ1n) is 7.40. The zero-order valence-corrected chi connectivity index (χ0v) is 15.7. The van der Waals surface area contributed by atoms with E-state index in [0.29, 0.717) is 16.5 Å². The van der Waals surface area contributed by atoms with Crippen LogP contribution in [0.15, 0.2) is 47.4 Å². The van der Waals surface area contributed by atoms with Gasteiger partial charge in [-0.2, -0.15) is 4.31 Å². The first-order valence-corrected chi connectivity index (χ1v) is 9.22. The van der Waals surface area contributed by atoms with Crippen molar-refractivity contribution in [1.82, 2.24) is 4.31 Å². The highest BCUT2D eigenvalue weighted by molar-refractivity contribution is 7.89. The predicted octanol–water partition coefficient (Wildman–Crippen LogP) is 2.92. The molecule has 0 radical (unpaired) electrons. The van der Waals surface area contributed by atoms with Crippen LogP contribution in [-0.4, -0.2) is 39.3 Å². The van der Waals surface area contributed by atoms with Crippen LogP contribution in [0.3, 0.4) is 0 Å². The number of amides is 1. The van der Waals surface area contributed by atoms with Gasteiger partial charge in [-0.05, 0) is 48.9 Å². The van der Waals surface area contributed by atoms with Crippen molar-refractivity contribution in [3.8, 4) is 5.75 Å². The molecular weight excluding hydrogens is 364 g/mol. The molecule has 1 N–H and O–H groups in total. The minimum absolute atomic E-state index is 0.0857. The summed E-state index contributed by atoms with van der Waals surface area (Å²) in [5, 5.41) is 3.16. The molecule has 0 aromatic heterocycles. The Hall–Kier alpha value is -2.09. The molecule has 0 unspecified atom stereocenters. The lowest BCUT2D eigenvalue weighted by atomic mass is 10.2. The van der Waals surface area contributed by atoms with Crippen molar-refractivity contribution in [1.29, 1.82) is 0 Å². The van der Waals surface area contributed by atoms with Gasteiger partial charge in [0.15, 0.2) is 0 Å². The van der Waals surface area contributed by atoms with Crippen LogP contribution >= 0.6 is 11.6 Å². The highest BCUT2D eigenvalue weighted by Crippen LogP contribution is 2.21. The van der Waals surface area contributed by atoms with Crippen LogP contribution < -0.4 is 10.1 Å². The van der Waals surface area contributed by atoms with Gasteiger partial charge in [-0.15, -0.1) is 0 Å². The number of carbonyl (C=O) groups excluding carboxylic acids is 1. The molecule has 0 aliphatic heterocycles. The molecule has 2 rings (SSSR count). The van der Waals surface area contributed by atoms with Crippen molar-refractivity contribution in [2.24, 2.45) is 0 Å². The lowest BCUT2D eigenvalue weighted by molar-refractivity contribution is -0.116. The molecule has 0 atom stereocenters. The number of likely N-dealkylation sites (N-methyl/N-ethyl adjacent to an activating group) is 1. The minimum Gasteiger partial charge on any atom is -0.497 e. The van der Waals surface area contributed by atoms with Gasteiger partial charge in [0, 0.05) is 17.8 Å². The number of aryl methyl sites for hydroxylation is 1. The fourth-order valence-electron chi connectivity index (χ4n) is 2.13. The molecule has 134 valence electrons. The van der Waals surface area contributed by atoms with E-state index in [0.717, 1.165) is 9.87 Å². The minimum atomic E-state index is -3.78. The predicted molar refractivity (Wildman–Crippen MR) is 97.6 cm³/mol. The molecule has 0 saturated carbocycles. The molecule has 0 bridgehead atoms. The Kier molecular flexibility index (Phi) is 6.05. The van der Waals surface area contributed by atoms with Crippen molar-refractivity contribution in [2.75, 3.05) is 26.0 Å². The Morgan fingerprint density at radius 1 is 1.20 bits per heavy atom. The largest absolute Gasteiger partial charge is 0.497 e. The van der Waals surface area contributed by atoms with E-state index in [1.807, 2.05) is 6.92 Å². The van der Waals surface area contributed by atoms with Gasteiger partial charge in [-0.3, -0.25) is 4.79 Å². The maximum atomic E-state index is 12.5. The van der Waals surface area contributed by atoms with Crippen LogP contribution in [0.4, 0.5) is 5.69 Å². The summed E-state index contributed by atoms with van der Waals surface area (Å²) >= 11 is 5.92. The normalized spacial score (nSPS) is 11.4. The molecular formula is C17H19ClN2O4S. The molecule has 0 heterocycles. The second-order valence-corrected chi connectivity index (χ2v) is 7.93. The SMILES string of the molecule is COc1ccc(S(=O)(=O)N(C)CC(=O)Nc2cc(Cl)ccc2C)cc1. The average Bonchev–Trinajstić information content (AvgIpc) is 2.58. The van der Waals surface area contributed by atoms with Gasteiger partial charge in [-0.1, -0.05) is 17.7 Å². The Labute approximate surface area is 152 Å². The van der Waals surface area contributed by atoms with Crippen LogP contribution in [0.5, 0.6) is 5.75 Å². The van der Waals surface area contributed by atoms with Crippen molar-refractivity contribution >= 4 is 33.2 Å². The summed E-state index contributed by atoms with van der Waals surface area (Å²) in [6.07, 6.45) is 0. The van der Waals surface area contributed by atoms with Crippen LogP contribution in [0.25, 0.3) is 0 Å². The van der Waals surface area contributed by atoms with Gasteiger partial charge in [0.1, 0.15) is 5.75 Å². The average molecular weight is 383 g/mol. The number of rotatable bonds is 6. The summed E-state index contributed by atoms with van der Waals surface area (Å²) in [5.74, 6) is 0.0979. The zero-order valence-electron chi connectivity index (χ0n) is 14.1. The summed E-state index contributed by atoms with van der Waals surface area (Å²) in [6.45, 7) is 1.50. The molecule has 0 aliphatic carbocycles. The van der Waals surface area contributed by atoms with E-state index < -0.39 is 15.9 Å².